The maximum absolute atomic E-state index is 13.7. The van der Waals surface area contributed by atoms with Crippen molar-refractivity contribution in [1.82, 2.24) is 19.7 Å². The minimum Gasteiger partial charge on any atom is -0.508 e. The van der Waals surface area contributed by atoms with Crippen LogP contribution < -0.4 is 24.8 Å². The van der Waals surface area contributed by atoms with Crippen LogP contribution in [0, 0.1) is 0 Å². The maximum atomic E-state index is 13.7. The lowest BCUT2D eigenvalue weighted by molar-refractivity contribution is -0.113. The first kappa shape index (κ1) is 24.6. The summed E-state index contributed by atoms with van der Waals surface area (Å²) in [4.78, 5) is 22.5. The van der Waals surface area contributed by atoms with Crippen LogP contribution in [0.25, 0.3) is 11.4 Å². The number of anilines is 2. The molecule has 1 aliphatic rings. The van der Waals surface area contributed by atoms with Gasteiger partial charge in [0.15, 0.2) is 17.3 Å². The summed E-state index contributed by atoms with van der Waals surface area (Å²) in [5.74, 6) is 1.92. The molecule has 0 aliphatic carbocycles. The summed E-state index contributed by atoms with van der Waals surface area (Å²) in [5, 5.41) is 20.9. The summed E-state index contributed by atoms with van der Waals surface area (Å²) in [7, 11) is 4.61. The van der Waals surface area contributed by atoms with Crippen molar-refractivity contribution < 1.29 is 24.1 Å². The second-order valence-electron chi connectivity index (χ2n) is 8.47. The molecule has 1 amide bonds. The number of hydrogen-bond acceptors (Lipinski definition) is 9. The molecule has 0 radical (unpaired) electrons. The lowest BCUT2D eigenvalue weighted by Gasteiger charge is -2.30. The number of pyridine rings is 1. The fourth-order valence-corrected chi connectivity index (χ4v) is 4.40. The zero-order valence-electron chi connectivity index (χ0n) is 21.2. The van der Waals surface area contributed by atoms with Crippen LogP contribution in [0.5, 0.6) is 23.0 Å². The van der Waals surface area contributed by atoms with E-state index < -0.39 is 6.04 Å². The molecule has 11 nitrogen and oxygen atoms in total. The zero-order valence-corrected chi connectivity index (χ0v) is 21.2. The van der Waals surface area contributed by atoms with Gasteiger partial charge in [0, 0.05) is 29.1 Å². The molecule has 194 valence electrons. The first-order chi connectivity index (χ1) is 18.4. The van der Waals surface area contributed by atoms with Crippen LogP contribution in [0.4, 0.5) is 11.6 Å². The Morgan fingerprint density at radius 2 is 1.79 bits per heavy atom. The van der Waals surface area contributed by atoms with Crippen LogP contribution in [0.15, 0.2) is 72.2 Å². The number of phenols is 1. The number of methoxy groups -OCH3 is 3. The van der Waals surface area contributed by atoms with E-state index >= 15 is 0 Å². The molecule has 1 atom stereocenters. The molecule has 0 saturated carbocycles. The number of benzene rings is 2. The number of hydrogen-bond donors (Lipinski definition) is 3. The van der Waals surface area contributed by atoms with E-state index in [1.54, 1.807) is 72.5 Å². The third-order valence-electron chi connectivity index (χ3n) is 6.15. The molecule has 0 bridgehead atoms. The number of rotatable bonds is 7. The van der Waals surface area contributed by atoms with Gasteiger partial charge < -0.3 is 30.0 Å². The van der Waals surface area contributed by atoms with Gasteiger partial charge in [0.05, 0.1) is 38.8 Å². The fraction of sp³-hybridized carbons (Fsp3) is 0.185. The SMILES string of the molecule is COc1cc(OC)c(C2C(C(=O)Nc3cccnc3)=C(C)Nc3nc(-c4cccc(O)c4)nn32)cc1OC. The van der Waals surface area contributed by atoms with Gasteiger partial charge in [0.2, 0.25) is 5.95 Å². The molecule has 2 aromatic carbocycles. The van der Waals surface area contributed by atoms with Gasteiger partial charge in [-0.3, -0.25) is 9.78 Å². The average molecular weight is 515 g/mol. The van der Waals surface area contributed by atoms with Crippen molar-refractivity contribution >= 4 is 17.5 Å². The van der Waals surface area contributed by atoms with E-state index in [0.29, 0.717) is 57.1 Å². The molecule has 0 spiro atoms. The molecule has 11 heteroatoms. The first-order valence-corrected chi connectivity index (χ1v) is 11.7. The van der Waals surface area contributed by atoms with Gasteiger partial charge in [0.1, 0.15) is 17.5 Å². The smallest absolute Gasteiger partial charge is 0.255 e. The zero-order chi connectivity index (χ0) is 26.8. The van der Waals surface area contributed by atoms with E-state index in [2.05, 4.69) is 20.6 Å². The highest BCUT2D eigenvalue weighted by molar-refractivity contribution is 6.06. The number of nitrogens with one attached hydrogen (secondary N) is 2. The summed E-state index contributed by atoms with van der Waals surface area (Å²) < 4.78 is 18.4. The number of allylic oxidation sites excluding steroid dienone is 1. The van der Waals surface area contributed by atoms with Crippen molar-refractivity contribution in [2.45, 2.75) is 13.0 Å². The minimum absolute atomic E-state index is 0.0900. The second-order valence-corrected chi connectivity index (χ2v) is 8.47. The van der Waals surface area contributed by atoms with E-state index in [9.17, 15) is 9.90 Å². The minimum atomic E-state index is -0.753. The van der Waals surface area contributed by atoms with Crippen LogP contribution in [0.3, 0.4) is 0 Å². The Labute approximate surface area is 218 Å². The molecule has 1 aliphatic heterocycles. The fourth-order valence-electron chi connectivity index (χ4n) is 4.40. The third-order valence-corrected chi connectivity index (χ3v) is 6.15. The molecule has 5 rings (SSSR count). The van der Waals surface area contributed by atoms with Crippen LogP contribution in [0.1, 0.15) is 18.5 Å². The van der Waals surface area contributed by atoms with Crippen molar-refractivity contribution in [1.29, 1.82) is 0 Å². The summed E-state index contributed by atoms with van der Waals surface area (Å²) in [6.45, 7) is 1.80. The Morgan fingerprint density at radius 1 is 1.03 bits per heavy atom. The van der Waals surface area contributed by atoms with Gasteiger partial charge in [-0.1, -0.05) is 12.1 Å². The Bertz CT molecular complexity index is 1530. The molecule has 1 unspecified atom stereocenters. The van der Waals surface area contributed by atoms with Gasteiger partial charge in [-0.15, -0.1) is 5.10 Å². The highest BCUT2D eigenvalue weighted by Crippen LogP contribution is 2.44. The Kier molecular flexibility index (Phi) is 6.56. The first-order valence-electron chi connectivity index (χ1n) is 11.7. The Hall–Kier alpha value is -5.06. The van der Waals surface area contributed by atoms with Crippen LogP contribution in [-0.4, -0.2) is 52.1 Å². The Balaban J connectivity index is 1.70. The number of aromatic hydroxyl groups is 1. The number of phenolic OH excluding ortho intramolecular Hbond substituents is 1. The van der Waals surface area contributed by atoms with E-state index in [1.165, 1.54) is 21.3 Å². The van der Waals surface area contributed by atoms with Crippen molar-refractivity contribution in [3.8, 4) is 34.4 Å². The highest BCUT2D eigenvalue weighted by Gasteiger charge is 2.37. The largest absolute Gasteiger partial charge is 0.508 e. The number of nitrogens with zero attached hydrogens (tertiary/aromatic N) is 4. The highest BCUT2D eigenvalue weighted by atomic mass is 16.5. The molecular formula is C27H26N6O5. The predicted molar refractivity (Wildman–Crippen MR) is 141 cm³/mol. The number of carbonyl (C=O) groups excluding carboxylic acids is 1. The van der Waals surface area contributed by atoms with Gasteiger partial charge in [-0.2, -0.15) is 4.98 Å². The van der Waals surface area contributed by atoms with Crippen molar-refractivity contribution in [2.24, 2.45) is 0 Å². The normalized spacial score (nSPS) is 14.4. The van der Waals surface area contributed by atoms with Crippen LogP contribution in [0.2, 0.25) is 0 Å². The molecular weight excluding hydrogens is 488 g/mol. The van der Waals surface area contributed by atoms with Crippen LogP contribution >= 0.6 is 0 Å². The van der Waals surface area contributed by atoms with Gasteiger partial charge in [-0.25, -0.2) is 4.68 Å². The van der Waals surface area contributed by atoms with Gasteiger partial charge in [0.25, 0.3) is 5.91 Å². The topological polar surface area (TPSA) is 133 Å². The van der Waals surface area contributed by atoms with E-state index in [1.807, 2.05) is 0 Å². The monoisotopic (exact) mass is 514 g/mol. The lowest BCUT2D eigenvalue weighted by atomic mass is 9.93. The summed E-state index contributed by atoms with van der Waals surface area (Å²) in [5.41, 5.74) is 2.73. The number of ether oxygens (including phenoxy) is 3. The van der Waals surface area contributed by atoms with Gasteiger partial charge in [-0.05, 0) is 37.3 Å². The summed E-state index contributed by atoms with van der Waals surface area (Å²) in [6, 6.07) is 12.9. The standard InChI is InChI=1S/C27H26N6O5/c1-15-23(26(35)30-17-8-6-10-28-14-17)24(19-12-21(37-3)22(38-4)13-20(19)36-2)33-27(29-15)31-25(32-33)16-7-5-9-18(34)11-16/h5-14,24,34H,1-4H3,(H,30,35)(H,29,31,32). The van der Waals surface area contributed by atoms with Gasteiger partial charge >= 0.3 is 0 Å². The molecule has 3 N–H and O–H groups in total. The van der Waals surface area contributed by atoms with Crippen molar-refractivity contribution in [2.75, 3.05) is 32.0 Å². The van der Waals surface area contributed by atoms with E-state index in [4.69, 9.17) is 19.3 Å². The summed E-state index contributed by atoms with van der Waals surface area (Å²) >= 11 is 0. The number of carbonyl (C=O) groups is 1. The Morgan fingerprint density at radius 3 is 2.47 bits per heavy atom. The summed E-state index contributed by atoms with van der Waals surface area (Å²) in [6.07, 6.45) is 3.20. The quantitative estimate of drug-likeness (QED) is 0.335. The lowest BCUT2D eigenvalue weighted by Crippen LogP contribution is -2.31. The number of amides is 1. The van der Waals surface area contributed by atoms with Crippen LogP contribution in [-0.2, 0) is 4.79 Å². The molecule has 3 heterocycles. The molecule has 38 heavy (non-hydrogen) atoms. The number of aromatic nitrogens is 4. The molecule has 4 aromatic rings. The predicted octanol–water partition coefficient (Wildman–Crippen LogP) is 4.00. The number of fused-ring (bicyclic) bond motifs is 1. The third kappa shape index (κ3) is 4.45. The van der Waals surface area contributed by atoms with Crippen molar-refractivity contribution in [3.05, 3.63) is 77.8 Å². The molecule has 0 saturated heterocycles. The molecule has 0 fully saturated rings. The van der Waals surface area contributed by atoms with E-state index in [-0.39, 0.29) is 11.7 Å². The second kappa shape index (κ2) is 10.1. The average Bonchev–Trinajstić information content (AvgIpc) is 3.35. The van der Waals surface area contributed by atoms with E-state index in [0.717, 1.165) is 0 Å². The maximum Gasteiger partial charge on any atom is 0.255 e. The molecule has 2 aromatic heterocycles. The van der Waals surface area contributed by atoms with Crippen molar-refractivity contribution in [3.63, 3.8) is 0 Å².